The molecule has 0 heterocycles. The van der Waals surface area contributed by atoms with Crippen molar-refractivity contribution in [1.29, 1.82) is 0 Å². The minimum Gasteiger partial charge on any atom is -0.325 e. The lowest BCUT2D eigenvalue weighted by Gasteiger charge is -2.18. The summed E-state index contributed by atoms with van der Waals surface area (Å²) in [6.07, 6.45) is 0. The molecule has 0 spiro atoms. The Balaban J connectivity index is 1.97. The van der Waals surface area contributed by atoms with Crippen molar-refractivity contribution in [2.24, 2.45) is 0 Å². The fourth-order valence-electron chi connectivity index (χ4n) is 2.32. The summed E-state index contributed by atoms with van der Waals surface area (Å²) in [7, 11) is 1.87. The number of nitrogens with one attached hydrogen (secondary N) is 1. The first kappa shape index (κ1) is 17.8. The predicted octanol–water partition coefficient (Wildman–Crippen LogP) is 4.68. The molecule has 2 rings (SSSR count). The zero-order valence-electron chi connectivity index (χ0n) is 13.5. The Labute approximate surface area is 147 Å². The van der Waals surface area contributed by atoms with Gasteiger partial charge in [-0.3, -0.25) is 9.69 Å². The molecule has 2 aromatic carbocycles. The second-order valence-electron chi connectivity index (χ2n) is 5.75. The second-order valence-corrected chi connectivity index (χ2v) is 6.54. The molecule has 0 unspecified atom stereocenters. The zero-order valence-corrected chi connectivity index (χ0v) is 15.0. The zero-order chi connectivity index (χ0) is 17.0. The molecular formula is C18H20Cl2N2O. The number of hydrogen-bond donors (Lipinski definition) is 1. The highest BCUT2D eigenvalue weighted by atomic mass is 35.5. The summed E-state index contributed by atoms with van der Waals surface area (Å²) in [6.45, 7) is 4.81. The van der Waals surface area contributed by atoms with Crippen LogP contribution in [0.1, 0.15) is 16.7 Å². The van der Waals surface area contributed by atoms with Crippen LogP contribution in [0.15, 0.2) is 36.4 Å². The van der Waals surface area contributed by atoms with Gasteiger partial charge >= 0.3 is 0 Å². The van der Waals surface area contributed by atoms with E-state index in [0.29, 0.717) is 16.6 Å². The summed E-state index contributed by atoms with van der Waals surface area (Å²) in [5, 5.41) is 4.02. The van der Waals surface area contributed by atoms with Crippen molar-refractivity contribution in [2.45, 2.75) is 20.4 Å². The highest BCUT2D eigenvalue weighted by molar-refractivity contribution is 6.42. The molecule has 0 fully saturated rings. The lowest BCUT2D eigenvalue weighted by atomic mass is 10.1. The summed E-state index contributed by atoms with van der Waals surface area (Å²) < 4.78 is 0. The van der Waals surface area contributed by atoms with E-state index < -0.39 is 0 Å². The van der Waals surface area contributed by atoms with Gasteiger partial charge in [-0.05, 0) is 49.7 Å². The highest BCUT2D eigenvalue weighted by Gasteiger charge is 2.11. The third-order valence-electron chi connectivity index (χ3n) is 3.55. The molecule has 1 amide bonds. The first-order valence-corrected chi connectivity index (χ1v) is 8.11. The van der Waals surface area contributed by atoms with E-state index in [0.717, 1.165) is 22.4 Å². The maximum absolute atomic E-state index is 12.2. The van der Waals surface area contributed by atoms with Crippen molar-refractivity contribution in [3.63, 3.8) is 0 Å². The number of nitrogens with zero attached hydrogens (tertiary/aromatic N) is 1. The van der Waals surface area contributed by atoms with Crippen LogP contribution in [0.2, 0.25) is 10.0 Å². The number of likely N-dealkylation sites (N-methyl/N-ethyl adjacent to an activating group) is 1. The fraction of sp³-hybridized carbons (Fsp3) is 0.278. The standard InChI is InChI=1S/C18H20Cl2N2O/c1-12-7-8-13(2)16(9-12)21-17(23)11-22(3)10-14-5-4-6-15(19)18(14)20/h4-9H,10-11H2,1-3H3,(H,21,23). The number of carbonyl (C=O) groups excluding carboxylic acids is 1. The lowest BCUT2D eigenvalue weighted by Crippen LogP contribution is -2.30. The molecule has 0 aliphatic heterocycles. The van der Waals surface area contributed by atoms with Crippen molar-refractivity contribution >= 4 is 34.8 Å². The van der Waals surface area contributed by atoms with Crippen molar-refractivity contribution in [2.75, 3.05) is 18.9 Å². The molecule has 0 saturated carbocycles. The van der Waals surface area contributed by atoms with E-state index in [4.69, 9.17) is 23.2 Å². The second kappa shape index (κ2) is 7.82. The smallest absolute Gasteiger partial charge is 0.238 e. The largest absolute Gasteiger partial charge is 0.325 e. The monoisotopic (exact) mass is 350 g/mol. The lowest BCUT2D eigenvalue weighted by molar-refractivity contribution is -0.117. The summed E-state index contributed by atoms with van der Waals surface area (Å²) in [5.74, 6) is -0.0562. The Kier molecular flexibility index (Phi) is 6.05. The van der Waals surface area contributed by atoms with Gasteiger partial charge in [-0.25, -0.2) is 0 Å². The van der Waals surface area contributed by atoms with Crippen molar-refractivity contribution in [3.8, 4) is 0 Å². The van der Waals surface area contributed by atoms with Gasteiger partial charge in [-0.15, -0.1) is 0 Å². The average Bonchev–Trinajstić information content (AvgIpc) is 2.47. The summed E-state index contributed by atoms with van der Waals surface area (Å²) in [5.41, 5.74) is 3.92. The number of halogens is 2. The van der Waals surface area contributed by atoms with E-state index in [2.05, 4.69) is 5.32 Å². The van der Waals surface area contributed by atoms with Crippen LogP contribution < -0.4 is 5.32 Å². The number of benzene rings is 2. The third-order valence-corrected chi connectivity index (χ3v) is 4.41. The minimum absolute atomic E-state index is 0.0562. The summed E-state index contributed by atoms with van der Waals surface area (Å²) in [6, 6.07) is 11.5. The SMILES string of the molecule is Cc1ccc(C)c(NC(=O)CN(C)Cc2cccc(Cl)c2Cl)c1. The molecule has 0 radical (unpaired) electrons. The van der Waals surface area contributed by atoms with Crippen LogP contribution in [0, 0.1) is 13.8 Å². The Bertz CT molecular complexity index is 716. The number of anilines is 1. The maximum Gasteiger partial charge on any atom is 0.238 e. The quantitative estimate of drug-likeness (QED) is 0.848. The van der Waals surface area contributed by atoms with E-state index in [1.54, 1.807) is 6.07 Å². The van der Waals surface area contributed by atoms with Crippen molar-refractivity contribution < 1.29 is 4.79 Å². The van der Waals surface area contributed by atoms with Crippen LogP contribution >= 0.6 is 23.2 Å². The Morgan fingerprint density at radius 1 is 1.17 bits per heavy atom. The molecular weight excluding hydrogens is 331 g/mol. The van der Waals surface area contributed by atoms with Crippen LogP contribution in [-0.4, -0.2) is 24.4 Å². The van der Waals surface area contributed by atoms with Gasteiger partial charge in [0.1, 0.15) is 0 Å². The maximum atomic E-state index is 12.2. The molecule has 5 heteroatoms. The number of hydrogen-bond acceptors (Lipinski definition) is 2. The molecule has 0 aromatic heterocycles. The number of carbonyl (C=O) groups is 1. The molecule has 122 valence electrons. The van der Waals surface area contributed by atoms with Crippen LogP contribution in [0.4, 0.5) is 5.69 Å². The number of rotatable bonds is 5. The van der Waals surface area contributed by atoms with Crippen molar-refractivity contribution in [3.05, 3.63) is 63.1 Å². The third kappa shape index (κ3) is 4.96. The van der Waals surface area contributed by atoms with Gasteiger partial charge in [0.05, 0.1) is 16.6 Å². The Morgan fingerprint density at radius 3 is 2.65 bits per heavy atom. The molecule has 0 saturated heterocycles. The van der Waals surface area contributed by atoms with Crippen LogP contribution in [0.5, 0.6) is 0 Å². The molecule has 0 bridgehead atoms. The summed E-state index contributed by atoms with van der Waals surface area (Å²) >= 11 is 12.2. The molecule has 1 N–H and O–H groups in total. The van der Waals surface area contributed by atoms with Crippen molar-refractivity contribution in [1.82, 2.24) is 4.90 Å². The van der Waals surface area contributed by atoms with E-state index in [1.807, 2.05) is 56.1 Å². The first-order chi connectivity index (χ1) is 10.9. The van der Waals surface area contributed by atoms with E-state index in [9.17, 15) is 4.79 Å². The van der Waals surface area contributed by atoms with Gasteiger partial charge in [-0.1, -0.05) is 47.5 Å². The average molecular weight is 351 g/mol. The minimum atomic E-state index is -0.0562. The fourth-order valence-corrected chi connectivity index (χ4v) is 2.70. The van der Waals surface area contributed by atoms with Gasteiger partial charge in [0.25, 0.3) is 0 Å². The normalized spacial score (nSPS) is 10.9. The van der Waals surface area contributed by atoms with E-state index >= 15 is 0 Å². The molecule has 2 aromatic rings. The van der Waals surface area contributed by atoms with Gasteiger partial charge in [0.15, 0.2) is 0 Å². The molecule has 3 nitrogen and oxygen atoms in total. The van der Waals surface area contributed by atoms with Crippen LogP contribution in [0.25, 0.3) is 0 Å². The molecule has 0 aliphatic rings. The van der Waals surface area contributed by atoms with Gasteiger partial charge in [0, 0.05) is 12.2 Å². The molecule has 23 heavy (non-hydrogen) atoms. The highest BCUT2D eigenvalue weighted by Crippen LogP contribution is 2.26. The van der Waals surface area contributed by atoms with Crippen LogP contribution in [0.3, 0.4) is 0 Å². The Hall–Kier alpha value is -1.55. The first-order valence-electron chi connectivity index (χ1n) is 7.35. The summed E-state index contributed by atoms with van der Waals surface area (Å²) in [4.78, 5) is 14.1. The van der Waals surface area contributed by atoms with Crippen LogP contribution in [-0.2, 0) is 11.3 Å². The molecule has 0 aliphatic carbocycles. The van der Waals surface area contributed by atoms with E-state index in [1.165, 1.54) is 0 Å². The number of amides is 1. The number of aryl methyl sites for hydroxylation is 2. The van der Waals surface area contributed by atoms with Gasteiger partial charge < -0.3 is 5.32 Å². The predicted molar refractivity (Wildman–Crippen MR) is 97.3 cm³/mol. The Morgan fingerprint density at radius 2 is 1.91 bits per heavy atom. The molecule has 0 atom stereocenters. The van der Waals surface area contributed by atoms with Gasteiger partial charge in [-0.2, -0.15) is 0 Å². The van der Waals surface area contributed by atoms with E-state index in [-0.39, 0.29) is 12.5 Å². The van der Waals surface area contributed by atoms with Gasteiger partial charge in [0.2, 0.25) is 5.91 Å². The topological polar surface area (TPSA) is 32.3 Å².